The first-order valence-electron chi connectivity index (χ1n) is 5.97. The van der Waals surface area contributed by atoms with Crippen LogP contribution in [0.1, 0.15) is 32.6 Å². The Labute approximate surface area is 103 Å². The largest absolute Gasteiger partial charge is 0.469 e. The molecule has 1 atom stereocenters. The number of hydrogen-bond acceptors (Lipinski definition) is 4. The molecule has 0 aromatic heterocycles. The molecule has 1 aliphatic rings. The highest BCUT2D eigenvalue weighted by Crippen LogP contribution is 2.51. The number of methoxy groups -OCH3 is 1. The van der Waals surface area contributed by atoms with Gasteiger partial charge >= 0.3 is 5.97 Å². The van der Waals surface area contributed by atoms with Crippen LogP contribution in [0.2, 0.25) is 0 Å². The number of carbonyl (C=O) groups excluding carboxylic acids is 1. The monoisotopic (exact) mass is 245 g/mol. The van der Waals surface area contributed by atoms with Crippen molar-refractivity contribution in [3.63, 3.8) is 0 Å². The average molecular weight is 245 g/mol. The normalized spacial score (nSPS) is 19.2. The van der Waals surface area contributed by atoms with Crippen molar-refractivity contribution in [2.24, 2.45) is 5.41 Å². The topological polar surface area (TPSA) is 38.3 Å². The van der Waals surface area contributed by atoms with Crippen molar-refractivity contribution in [2.45, 2.75) is 38.6 Å². The van der Waals surface area contributed by atoms with E-state index in [1.165, 1.54) is 20.0 Å². The van der Waals surface area contributed by atoms with Crippen LogP contribution in [0.25, 0.3) is 0 Å². The molecule has 0 aromatic rings. The van der Waals surface area contributed by atoms with Gasteiger partial charge in [-0.2, -0.15) is 11.8 Å². The molecular weight excluding hydrogens is 222 g/mol. The standard InChI is InChI=1S/C12H23NO2S/c1-4-10(13-2)8-16-9-12(5-6-12)7-11(14)15-3/h10,13H,4-9H2,1-3H3. The first-order valence-corrected chi connectivity index (χ1v) is 7.13. The third-order valence-corrected chi connectivity index (χ3v) is 4.79. The highest BCUT2D eigenvalue weighted by molar-refractivity contribution is 7.99. The smallest absolute Gasteiger partial charge is 0.306 e. The lowest BCUT2D eigenvalue weighted by Gasteiger charge is -2.16. The van der Waals surface area contributed by atoms with Crippen molar-refractivity contribution in [3.8, 4) is 0 Å². The van der Waals surface area contributed by atoms with Crippen molar-refractivity contribution >= 4 is 17.7 Å². The molecule has 1 aliphatic carbocycles. The predicted molar refractivity (Wildman–Crippen MR) is 68.8 cm³/mol. The number of ether oxygens (including phenoxy) is 1. The molecule has 0 aromatic carbocycles. The number of nitrogens with one attached hydrogen (secondary N) is 1. The third kappa shape index (κ3) is 4.34. The van der Waals surface area contributed by atoms with Crippen LogP contribution < -0.4 is 5.32 Å². The van der Waals surface area contributed by atoms with Gasteiger partial charge in [-0.25, -0.2) is 0 Å². The van der Waals surface area contributed by atoms with E-state index >= 15 is 0 Å². The third-order valence-electron chi connectivity index (χ3n) is 3.33. The summed E-state index contributed by atoms with van der Waals surface area (Å²) in [5, 5.41) is 3.30. The fourth-order valence-corrected chi connectivity index (χ4v) is 3.38. The van der Waals surface area contributed by atoms with E-state index < -0.39 is 0 Å². The van der Waals surface area contributed by atoms with Crippen LogP contribution in [0.4, 0.5) is 0 Å². The van der Waals surface area contributed by atoms with Gasteiger partial charge in [-0.15, -0.1) is 0 Å². The molecule has 1 fully saturated rings. The number of thioether (sulfide) groups is 1. The number of esters is 1. The molecule has 16 heavy (non-hydrogen) atoms. The van der Waals surface area contributed by atoms with Gasteiger partial charge in [-0.1, -0.05) is 6.92 Å². The van der Waals surface area contributed by atoms with Gasteiger partial charge in [0.15, 0.2) is 0 Å². The Morgan fingerprint density at radius 3 is 2.69 bits per heavy atom. The Balaban J connectivity index is 2.19. The maximum absolute atomic E-state index is 11.2. The minimum absolute atomic E-state index is 0.0567. The lowest BCUT2D eigenvalue weighted by molar-refractivity contribution is -0.141. The molecule has 0 radical (unpaired) electrons. The summed E-state index contributed by atoms with van der Waals surface area (Å²) in [5.41, 5.74) is 0.268. The molecule has 4 heteroatoms. The van der Waals surface area contributed by atoms with Crippen LogP contribution in [0.5, 0.6) is 0 Å². The first-order chi connectivity index (χ1) is 7.65. The molecule has 0 saturated heterocycles. The molecular formula is C12H23NO2S. The molecule has 0 heterocycles. The van der Waals surface area contributed by atoms with Gasteiger partial charge in [0.1, 0.15) is 0 Å². The fourth-order valence-electron chi connectivity index (χ4n) is 1.75. The van der Waals surface area contributed by atoms with Crippen LogP contribution in [0, 0.1) is 5.41 Å². The van der Waals surface area contributed by atoms with Crippen LogP contribution in [0.15, 0.2) is 0 Å². The highest BCUT2D eigenvalue weighted by Gasteiger charge is 2.44. The predicted octanol–water partition coefficient (Wildman–Crippen LogP) is 2.06. The van der Waals surface area contributed by atoms with Crippen LogP contribution in [-0.4, -0.2) is 37.7 Å². The summed E-state index contributed by atoms with van der Waals surface area (Å²) >= 11 is 1.96. The van der Waals surface area contributed by atoms with Crippen molar-refractivity contribution in [3.05, 3.63) is 0 Å². The molecule has 0 amide bonds. The fraction of sp³-hybridized carbons (Fsp3) is 0.917. The van der Waals surface area contributed by atoms with E-state index in [2.05, 4.69) is 12.2 Å². The van der Waals surface area contributed by atoms with Gasteiger partial charge in [0.25, 0.3) is 0 Å². The summed E-state index contributed by atoms with van der Waals surface area (Å²) in [5.74, 6) is 2.18. The minimum Gasteiger partial charge on any atom is -0.469 e. The van der Waals surface area contributed by atoms with Gasteiger partial charge < -0.3 is 10.1 Å². The van der Waals surface area contributed by atoms with Crippen molar-refractivity contribution in [2.75, 3.05) is 25.7 Å². The molecule has 0 bridgehead atoms. The zero-order chi connectivity index (χ0) is 12.0. The lowest BCUT2D eigenvalue weighted by Crippen LogP contribution is -2.27. The second-order valence-corrected chi connectivity index (χ2v) is 5.69. The molecule has 1 N–H and O–H groups in total. The second kappa shape index (κ2) is 6.50. The highest BCUT2D eigenvalue weighted by atomic mass is 32.2. The van der Waals surface area contributed by atoms with Crippen molar-refractivity contribution < 1.29 is 9.53 Å². The second-order valence-electron chi connectivity index (χ2n) is 4.66. The van der Waals surface area contributed by atoms with E-state index in [4.69, 9.17) is 4.74 Å². The van der Waals surface area contributed by atoms with E-state index in [-0.39, 0.29) is 11.4 Å². The van der Waals surface area contributed by atoms with Gasteiger partial charge in [-0.05, 0) is 37.5 Å². The summed E-state index contributed by atoms with van der Waals surface area (Å²) in [7, 11) is 3.48. The molecule has 1 saturated carbocycles. The van der Waals surface area contributed by atoms with E-state index in [1.807, 2.05) is 18.8 Å². The van der Waals surface area contributed by atoms with Crippen LogP contribution in [-0.2, 0) is 9.53 Å². The molecule has 0 aliphatic heterocycles. The van der Waals surface area contributed by atoms with Crippen LogP contribution >= 0.6 is 11.8 Å². The molecule has 94 valence electrons. The Morgan fingerprint density at radius 2 is 2.25 bits per heavy atom. The Bertz CT molecular complexity index is 225. The molecule has 0 spiro atoms. The number of carbonyl (C=O) groups is 1. The Kier molecular flexibility index (Phi) is 5.62. The van der Waals surface area contributed by atoms with E-state index in [0.717, 1.165) is 17.9 Å². The quantitative estimate of drug-likeness (QED) is 0.664. The van der Waals surface area contributed by atoms with Crippen molar-refractivity contribution in [1.82, 2.24) is 5.32 Å². The van der Waals surface area contributed by atoms with Gasteiger partial charge in [0.2, 0.25) is 0 Å². The van der Waals surface area contributed by atoms with E-state index in [9.17, 15) is 4.79 Å². The first kappa shape index (κ1) is 13.8. The zero-order valence-electron chi connectivity index (χ0n) is 10.5. The van der Waals surface area contributed by atoms with Gasteiger partial charge in [0, 0.05) is 11.8 Å². The maximum Gasteiger partial charge on any atom is 0.306 e. The lowest BCUT2D eigenvalue weighted by atomic mass is 10.1. The number of hydrogen-bond donors (Lipinski definition) is 1. The summed E-state index contributed by atoms with van der Waals surface area (Å²) in [6.45, 7) is 2.20. The Morgan fingerprint density at radius 1 is 1.56 bits per heavy atom. The SMILES string of the molecule is CCC(CSCC1(CC(=O)OC)CC1)NC. The van der Waals surface area contributed by atoms with Gasteiger partial charge in [0.05, 0.1) is 13.5 Å². The van der Waals surface area contributed by atoms with Crippen LogP contribution in [0.3, 0.4) is 0 Å². The average Bonchev–Trinajstić information content (AvgIpc) is 3.04. The summed E-state index contributed by atoms with van der Waals surface area (Å²) < 4.78 is 4.74. The molecule has 3 nitrogen and oxygen atoms in total. The van der Waals surface area contributed by atoms with E-state index in [1.54, 1.807) is 0 Å². The summed E-state index contributed by atoms with van der Waals surface area (Å²) in [6.07, 6.45) is 4.14. The van der Waals surface area contributed by atoms with Gasteiger partial charge in [-0.3, -0.25) is 4.79 Å². The summed E-state index contributed by atoms with van der Waals surface area (Å²) in [6, 6.07) is 0.596. The maximum atomic E-state index is 11.2. The van der Waals surface area contributed by atoms with Crippen molar-refractivity contribution in [1.29, 1.82) is 0 Å². The molecule has 1 rings (SSSR count). The number of rotatable bonds is 8. The summed E-state index contributed by atoms with van der Waals surface area (Å²) in [4.78, 5) is 11.2. The Hall–Kier alpha value is -0.220. The molecule has 1 unspecified atom stereocenters. The minimum atomic E-state index is -0.0567. The van der Waals surface area contributed by atoms with E-state index in [0.29, 0.717) is 12.5 Å². The zero-order valence-corrected chi connectivity index (χ0v) is 11.4.